The summed E-state index contributed by atoms with van der Waals surface area (Å²) in [5.41, 5.74) is -2.13. The van der Waals surface area contributed by atoms with Crippen LogP contribution in [0.15, 0.2) is 24.0 Å². The van der Waals surface area contributed by atoms with Crippen LogP contribution in [0.2, 0.25) is 0 Å². The molecule has 10 nitrogen and oxygen atoms in total. The Labute approximate surface area is 247 Å². The number of rotatable bonds is 12. The minimum atomic E-state index is -2.30. The summed E-state index contributed by atoms with van der Waals surface area (Å²) in [5, 5.41) is 22.3. The van der Waals surface area contributed by atoms with E-state index in [1.54, 1.807) is 7.11 Å². The average Bonchev–Trinajstić information content (AvgIpc) is 3.61. The van der Waals surface area contributed by atoms with Gasteiger partial charge in [-0.25, -0.2) is 4.79 Å². The smallest absolute Gasteiger partial charge is 0.339 e. The number of benzene rings is 1. The van der Waals surface area contributed by atoms with Crippen LogP contribution in [0.3, 0.4) is 0 Å². The number of hydrogen-bond acceptors (Lipinski definition) is 10. The van der Waals surface area contributed by atoms with Crippen LogP contribution in [0, 0.1) is 0 Å². The van der Waals surface area contributed by atoms with E-state index in [4.69, 9.17) is 23.7 Å². The molecule has 0 aromatic heterocycles. The highest BCUT2D eigenvalue weighted by atomic mass is 16.7. The Morgan fingerprint density at radius 1 is 1.12 bits per heavy atom. The van der Waals surface area contributed by atoms with Crippen molar-refractivity contribution in [3.63, 3.8) is 0 Å². The van der Waals surface area contributed by atoms with Crippen molar-refractivity contribution in [3.8, 4) is 11.5 Å². The van der Waals surface area contributed by atoms with Crippen LogP contribution in [0.1, 0.15) is 89.2 Å². The number of hydrogen-bond donors (Lipinski definition) is 2. The standard InChI is InChI=1S/C32H45NO9/c1-5-6-7-8-14-39-26(34)18-32(37,19-30(2,3)36)29(35)42-28-25(38-4)17-31-11-9-12-33(31)13-10-21-15-23-24(41-20-40-23)16-22(21)27(28)31/h15-17,27-28,36-37H,5-14,18-20H2,1-4H3/t27-,28?,31?,32+/m1/s1. The highest BCUT2D eigenvalue weighted by Crippen LogP contribution is 2.55. The number of carbonyl (C=O) groups excluding carboxylic acids is 2. The molecule has 1 aromatic carbocycles. The molecule has 1 saturated heterocycles. The van der Waals surface area contributed by atoms with Gasteiger partial charge in [-0.2, -0.15) is 0 Å². The van der Waals surface area contributed by atoms with Crippen molar-refractivity contribution in [3.05, 3.63) is 35.1 Å². The van der Waals surface area contributed by atoms with E-state index >= 15 is 0 Å². The first-order chi connectivity index (χ1) is 20.0. The number of methoxy groups -OCH3 is 1. The minimum Gasteiger partial charge on any atom is -0.497 e. The van der Waals surface area contributed by atoms with Gasteiger partial charge in [-0.15, -0.1) is 0 Å². The number of aliphatic hydroxyl groups is 2. The summed E-state index contributed by atoms with van der Waals surface area (Å²) in [6.45, 7) is 7.14. The first-order valence-corrected chi connectivity index (χ1v) is 15.3. The third-order valence-corrected chi connectivity index (χ3v) is 9.00. The normalized spacial score (nSPS) is 25.9. The first-order valence-electron chi connectivity index (χ1n) is 15.3. The molecule has 4 atom stereocenters. The van der Waals surface area contributed by atoms with Gasteiger partial charge in [-0.05, 0) is 75.4 Å². The second kappa shape index (κ2) is 12.1. The quantitative estimate of drug-likeness (QED) is 0.276. The van der Waals surface area contributed by atoms with Crippen molar-refractivity contribution in [2.24, 2.45) is 0 Å². The van der Waals surface area contributed by atoms with Gasteiger partial charge in [-0.1, -0.05) is 26.2 Å². The maximum absolute atomic E-state index is 13.9. The van der Waals surface area contributed by atoms with E-state index in [9.17, 15) is 19.8 Å². The molecule has 0 amide bonds. The van der Waals surface area contributed by atoms with Crippen molar-refractivity contribution in [2.45, 2.75) is 107 Å². The fourth-order valence-electron chi connectivity index (χ4n) is 7.25. The molecule has 1 aromatic rings. The van der Waals surface area contributed by atoms with Crippen LogP contribution in [0.5, 0.6) is 11.5 Å². The summed E-state index contributed by atoms with van der Waals surface area (Å²) in [6, 6.07) is 4.00. The Morgan fingerprint density at radius 3 is 2.60 bits per heavy atom. The Hall–Kier alpha value is -2.82. The van der Waals surface area contributed by atoms with Crippen LogP contribution < -0.4 is 9.47 Å². The summed E-state index contributed by atoms with van der Waals surface area (Å²) in [7, 11) is 1.55. The van der Waals surface area contributed by atoms with Gasteiger partial charge in [0.25, 0.3) is 0 Å². The van der Waals surface area contributed by atoms with Crippen LogP contribution in [0.25, 0.3) is 0 Å². The van der Waals surface area contributed by atoms with Gasteiger partial charge in [-0.3, -0.25) is 9.69 Å². The van der Waals surface area contributed by atoms with Crippen LogP contribution >= 0.6 is 0 Å². The minimum absolute atomic E-state index is 0.152. The summed E-state index contributed by atoms with van der Waals surface area (Å²) in [4.78, 5) is 29.1. The second-order valence-corrected chi connectivity index (χ2v) is 12.8. The summed E-state index contributed by atoms with van der Waals surface area (Å²) in [6.07, 6.45) is 6.54. The van der Waals surface area contributed by atoms with Crippen LogP contribution in [-0.4, -0.2) is 83.5 Å². The van der Waals surface area contributed by atoms with E-state index in [1.807, 2.05) is 12.1 Å². The largest absolute Gasteiger partial charge is 0.497 e. The maximum atomic E-state index is 13.9. The molecule has 10 heteroatoms. The maximum Gasteiger partial charge on any atom is 0.339 e. The van der Waals surface area contributed by atoms with Gasteiger partial charge < -0.3 is 33.9 Å². The zero-order valence-electron chi connectivity index (χ0n) is 25.3. The SMILES string of the molecule is CCCCCCOC(=O)C[C@](O)(CC(C)(C)O)C(=O)OC1C(OC)=CC23CCCN2CCc2cc4c(cc2[C@H]13)OCO4. The third kappa shape index (κ3) is 5.98. The van der Waals surface area contributed by atoms with Gasteiger partial charge in [0.2, 0.25) is 6.79 Å². The summed E-state index contributed by atoms with van der Waals surface area (Å²) < 4.78 is 28.8. The summed E-state index contributed by atoms with van der Waals surface area (Å²) >= 11 is 0. The van der Waals surface area contributed by atoms with E-state index in [2.05, 4.69) is 17.9 Å². The van der Waals surface area contributed by atoms with E-state index < -0.39 is 47.6 Å². The van der Waals surface area contributed by atoms with E-state index in [-0.39, 0.29) is 19.3 Å². The molecule has 1 spiro atoms. The number of carbonyl (C=O) groups is 2. The predicted molar refractivity (Wildman–Crippen MR) is 153 cm³/mol. The zero-order valence-corrected chi connectivity index (χ0v) is 25.3. The third-order valence-electron chi connectivity index (χ3n) is 9.00. The molecule has 0 bridgehead atoms. The zero-order chi connectivity index (χ0) is 30.1. The van der Waals surface area contributed by atoms with Crippen molar-refractivity contribution >= 4 is 11.9 Å². The lowest BCUT2D eigenvalue weighted by molar-refractivity contribution is -0.183. The fourth-order valence-corrected chi connectivity index (χ4v) is 7.25. The van der Waals surface area contributed by atoms with Crippen molar-refractivity contribution in [2.75, 3.05) is 33.6 Å². The van der Waals surface area contributed by atoms with Crippen molar-refractivity contribution in [1.29, 1.82) is 0 Å². The molecular formula is C32H45NO9. The molecular weight excluding hydrogens is 542 g/mol. The number of ether oxygens (including phenoxy) is 5. The molecule has 2 unspecified atom stereocenters. The van der Waals surface area contributed by atoms with Crippen molar-refractivity contribution in [1.82, 2.24) is 4.90 Å². The predicted octanol–water partition coefficient (Wildman–Crippen LogP) is 3.75. The Bertz CT molecular complexity index is 1210. The molecule has 0 radical (unpaired) electrons. The monoisotopic (exact) mass is 587 g/mol. The molecule has 1 fully saturated rings. The van der Waals surface area contributed by atoms with E-state index in [0.717, 1.165) is 62.7 Å². The molecule has 0 saturated carbocycles. The molecule has 5 rings (SSSR count). The Balaban J connectivity index is 1.44. The van der Waals surface area contributed by atoms with Gasteiger partial charge >= 0.3 is 11.9 Å². The van der Waals surface area contributed by atoms with Gasteiger partial charge in [0.15, 0.2) is 23.2 Å². The molecule has 3 heterocycles. The lowest BCUT2D eigenvalue weighted by Crippen LogP contribution is -2.51. The second-order valence-electron chi connectivity index (χ2n) is 12.8. The molecule has 232 valence electrons. The van der Waals surface area contributed by atoms with Crippen LogP contribution in [-0.2, 0) is 30.2 Å². The topological polar surface area (TPSA) is 124 Å². The lowest BCUT2D eigenvalue weighted by atomic mass is 9.77. The van der Waals surface area contributed by atoms with Gasteiger partial charge in [0.1, 0.15) is 5.76 Å². The number of nitrogens with zero attached hydrogens (tertiary/aromatic N) is 1. The Kier molecular flexibility index (Phi) is 8.79. The number of unbranched alkanes of at least 4 members (excludes halogenated alkanes) is 3. The van der Waals surface area contributed by atoms with Crippen LogP contribution in [0.4, 0.5) is 0 Å². The number of esters is 2. The molecule has 1 aliphatic carbocycles. The van der Waals surface area contributed by atoms with Gasteiger partial charge in [0.05, 0.1) is 37.2 Å². The lowest BCUT2D eigenvalue weighted by Gasteiger charge is -2.40. The highest BCUT2D eigenvalue weighted by Gasteiger charge is 2.59. The van der Waals surface area contributed by atoms with Crippen molar-refractivity contribution < 1.29 is 43.5 Å². The average molecular weight is 588 g/mol. The Morgan fingerprint density at radius 2 is 1.88 bits per heavy atom. The number of fused-ring (bicyclic) bond motifs is 3. The molecule has 42 heavy (non-hydrogen) atoms. The summed E-state index contributed by atoms with van der Waals surface area (Å²) in [5.74, 6) is -0.197. The fraction of sp³-hybridized carbons (Fsp3) is 0.688. The highest BCUT2D eigenvalue weighted by molar-refractivity contribution is 5.86. The molecule has 2 N–H and O–H groups in total. The first kappa shape index (κ1) is 30.6. The molecule has 4 aliphatic rings. The van der Waals surface area contributed by atoms with E-state index in [1.165, 1.54) is 13.8 Å². The van der Waals surface area contributed by atoms with E-state index in [0.29, 0.717) is 23.7 Å². The van der Waals surface area contributed by atoms with Gasteiger partial charge in [0, 0.05) is 13.0 Å². The molecule has 3 aliphatic heterocycles.